The van der Waals surface area contributed by atoms with Crippen LogP contribution in [0.2, 0.25) is 0 Å². The van der Waals surface area contributed by atoms with Crippen LogP contribution in [-0.2, 0) is 17.6 Å². The van der Waals surface area contributed by atoms with Crippen molar-refractivity contribution >= 4 is 39.7 Å². The molecule has 5 aromatic rings. The summed E-state index contributed by atoms with van der Waals surface area (Å²) >= 11 is 1.51. The van der Waals surface area contributed by atoms with E-state index in [1.165, 1.54) is 48.6 Å². The molecular weight excluding hydrogens is 458 g/mol. The molecule has 3 aromatic heterocycles. The third-order valence-corrected chi connectivity index (χ3v) is 6.95. The van der Waals surface area contributed by atoms with Gasteiger partial charge in [0, 0.05) is 29.1 Å². The zero-order valence-corrected chi connectivity index (χ0v) is 20.0. The topological polar surface area (TPSA) is 97.1 Å². The maximum Gasteiger partial charge on any atom is 0.249 e. The minimum absolute atomic E-state index is 0.0959. The van der Waals surface area contributed by atoms with E-state index in [-0.39, 0.29) is 5.91 Å². The molecule has 3 heterocycles. The molecule has 1 aliphatic rings. The van der Waals surface area contributed by atoms with Crippen molar-refractivity contribution in [2.75, 3.05) is 10.6 Å². The standard InChI is InChI=1S/C26H23N7OS/c1-16(34)27-21-10-8-18(9-11-21)23-15-35-26-29-25(32-33(23)26)28-24-13-12-22(30-31-24)20-7-6-17-4-2-3-5-19(17)14-20/h6-15H,2-5H2,1H3,(H,27,34)(H,28,31,32). The summed E-state index contributed by atoms with van der Waals surface area (Å²) in [7, 11) is 0. The molecule has 0 atom stereocenters. The van der Waals surface area contributed by atoms with Gasteiger partial charge < -0.3 is 10.6 Å². The van der Waals surface area contributed by atoms with E-state index < -0.39 is 0 Å². The highest BCUT2D eigenvalue weighted by Gasteiger charge is 2.14. The molecule has 0 bridgehead atoms. The average molecular weight is 482 g/mol. The van der Waals surface area contributed by atoms with Gasteiger partial charge >= 0.3 is 0 Å². The number of hydrogen-bond donors (Lipinski definition) is 2. The van der Waals surface area contributed by atoms with Crippen LogP contribution in [0.25, 0.3) is 27.5 Å². The van der Waals surface area contributed by atoms with Crippen LogP contribution in [0.1, 0.15) is 30.9 Å². The van der Waals surface area contributed by atoms with Gasteiger partial charge in [-0.15, -0.1) is 26.6 Å². The predicted molar refractivity (Wildman–Crippen MR) is 138 cm³/mol. The highest BCUT2D eigenvalue weighted by atomic mass is 32.1. The van der Waals surface area contributed by atoms with Crippen molar-refractivity contribution in [1.82, 2.24) is 24.8 Å². The number of carbonyl (C=O) groups excluding carboxylic acids is 1. The summed E-state index contributed by atoms with van der Waals surface area (Å²) in [5.74, 6) is 0.955. The monoisotopic (exact) mass is 481 g/mol. The van der Waals surface area contributed by atoms with Crippen molar-refractivity contribution < 1.29 is 4.79 Å². The van der Waals surface area contributed by atoms with Crippen LogP contribution in [0.5, 0.6) is 0 Å². The van der Waals surface area contributed by atoms with Gasteiger partial charge in [-0.2, -0.15) is 4.98 Å². The molecule has 35 heavy (non-hydrogen) atoms. The number of fused-ring (bicyclic) bond motifs is 2. The zero-order chi connectivity index (χ0) is 23.8. The van der Waals surface area contributed by atoms with Gasteiger partial charge in [0.2, 0.25) is 16.8 Å². The van der Waals surface area contributed by atoms with Crippen LogP contribution < -0.4 is 10.6 Å². The van der Waals surface area contributed by atoms with Gasteiger partial charge in [-0.1, -0.05) is 24.3 Å². The lowest BCUT2D eigenvalue weighted by molar-refractivity contribution is -0.114. The second-order valence-corrected chi connectivity index (χ2v) is 9.47. The van der Waals surface area contributed by atoms with Gasteiger partial charge in [0.15, 0.2) is 5.82 Å². The van der Waals surface area contributed by atoms with Crippen LogP contribution in [0.3, 0.4) is 0 Å². The summed E-state index contributed by atoms with van der Waals surface area (Å²) in [6.45, 7) is 1.49. The number of nitrogens with one attached hydrogen (secondary N) is 2. The summed E-state index contributed by atoms with van der Waals surface area (Å²) in [6, 6.07) is 18.1. The maximum atomic E-state index is 11.2. The molecule has 0 aliphatic heterocycles. The number of aromatic nitrogens is 5. The summed E-state index contributed by atoms with van der Waals surface area (Å²) in [4.78, 5) is 16.6. The third kappa shape index (κ3) is 4.38. The number of rotatable bonds is 5. The summed E-state index contributed by atoms with van der Waals surface area (Å²) in [5, 5.41) is 21.3. The van der Waals surface area contributed by atoms with Crippen molar-refractivity contribution in [2.45, 2.75) is 32.6 Å². The molecule has 1 amide bonds. The number of benzene rings is 2. The number of hydrogen-bond acceptors (Lipinski definition) is 7. The van der Waals surface area contributed by atoms with Crippen molar-refractivity contribution in [2.24, 2.45) is 0 Å². The third-order valence-electron chi connectivity index (χ3n) is 6.13. The molecule has 0 spiro atoms. The van der Waals surface area contributed by atoms with Crippen molar-refractivity contribution in [3.63, 3.8) is 0 Å². The van der Waals surface area contributed by atoms with E-state index in [1.807, 2.05) is 41.8 Å². The Balaban J connectivity index is 1.20. The fourth-order valence-electron chi connectivity index (χ4n) is 4.42. The Bertz CT molecular complexity index is 1520. The first-order chi connectivity index (χ1) is 17.1. The van der Waals surface area contributed by atoms with E-state index in [9.17, 15) is 4.79 Å². The Morgan fingerprint density at radius 2 is 1.74 bits per heavy atom. The molecule has 8 nitrogen and oxygen atoms in total. The number of anilines is 3. The molecule has 0 radical (unpaired) electrons. The number of nitrogens with zero attached hydrogens (tertiary/aromatic N) is 5. The molecular formula is C26H23N7OS. The molecule has 6 rings (SSSR count). The highest BCUT2D eigenvalue weighted by Crippen LogP contribution is 2.29. The molecule has 0 fully saturated rings. The van der Waals surface area contributed by atoms with E-state index >= 15 is 0 Å². The normalized spacial score (nSPS) is 12.9. The molecule has 0 saturated carbocycles. The largest absolute Gasteiger partial charge is 0.326 e. The minimum atomic E-state index is -0.0959. The fourth-order valence-corrected chi connectivity index (χ4v) is 5.25. The van der Waals surface area contributed by atoms with E-state index in [4.69, 9.17) is 0 Å². The van der Waals surface area contributed by atoms with E-state index in [1.54, 1.807) is 4.52 Å². The van der Waals surface area contributed by atoms with Crippen molar-refractivity contribution in [1.29, 1.82) is 0 Å². The second-order valence-electron chi connectivity index (χ2n) is 8.63. The first kappa shape index (κ1) is 21.4. The first-order valence-corrected chi connectivity index (χ1v) is 12.5. The van der Waals surface area contributed by atoms with E-state index in [2.05, 4.69) is 49.1 Å². The Hall–Kier alpha value is -4.11. The summed E-state index contributed by atoms with van der Waals surface area (Å²) in [5.41, 5.74) is 7.50. The van der Waals surface area contributed by atoms with Crippen molar-refractivity contribution in [3.8, 4) is 22.5 Å². The number of amides is 1. The average Bonchev–Trinajstić information content (AvgIpc) is 3.45. The van der Waals surface area contributed by atoms with Gasteiger partial charge in [0.05, 0.1) is 11.4 Å². The fraction of sp³-hybridized carbons (Fsp3) is 0.192. The summed E-state index contributed by atoms with van der Waals surface area (Å²) < 4.78 is 1.80. The number of thiazole rings is 1. The molecule has 174 valence electrons. The Morgan fingerprint density at radius 1 is 0.943 bits per heavy atom. The van der Waals surface area contributed by atoms with E-state index in [0.29, 0.717) is 11.8 Å². The van der Waals surface area contributed by atoms with Gasteiger partial charge in [-0.3, -0.25) is 4.79 Å². The van der Waals surface area contributed by atoms with E-state index in [0.717, 1.165) is 39.6 Å². The van der Waals surface area contributed by atoms with Crippen LogP contribution in [0.15, 0.2) is 60.0 Å². The molecule has 0 saturated heterocycles. The number of carbonyl (C=O) groups is 1. The smallest absolute Gasteiger partial charge is 0.249 e. The molecule has 9 heteroatoms. The Labute approximate surface area is 206 Å². The lowest BCUT2D eigenvalue weighted by Crippen LogP contribution is -2.05. The van der Waals surface area contributed by atoms with Crippen LogP contribution >= 0.6 is 11.3 Å². The Kier molecular flexibility index (Phi) is 5.46. The lowest BCUT2D eigenvalue weighted by atomic mass is 9.90. The van der Waals surface area contributed by atoms with Crippen LogP contribution in [0.4, 0.5) is 17.5 Å². The SMILES string of the molecule is CC(=O)Nc1ccc(-c2csc3nc(Nc4ccc(-c5ccc6c(c5)CCCC6)nn4)nn23)cc1. The summed E-state index contributed by atoms with van der Waals surface area (Å²) in [6.07, 6.45) is 4.84. The highest BCUT2D eigenvalue weighted by molar-refractivity contribution is 7.15. The first-order valence-electron chi connectivity index (χ1n) is 11.6. The predicted octanol–water partition coefficient (Wildman–Crippen LogP) is 5.50. The van der Waals surface area contributed by atoms with Gasteiger partial charge in [0.25, 0.3) is 0 Å². The lowest BCUT2D eigenvalue weighted by Gasteiger charge is -2.16. The molecule has 2 aromatic carbocycles. The number of aryl methyl sites for hydroxylation is 2. The molecule has 2 N–H and O–H groups in total. The Morgan fingerprint density at radius 3 is 2.51 bits per heavy atom. The van der Waals surface area contributed by atoms with Gasteiger partial charge in [-0.05, 0) is 67.1 Å². The molecule has 0 unspecified atom stereocenters. The van der Waals surface area contributed by atoms with Crippen molar-refractivity contribution in [3.05, 3.63) is 71.1 Å². The zero-order valence-electron chi connectivity index (χ0n) is 19.2. The van der Waals surface area contributed by atoms with Crippen LogP contribution in [0, 0.1) is 0 Å². The second kappa shape index (κ2) is 8.92. The maximum absolute atomic E-state index is 11.2. The minimum Gasteiger partial charge on any atom is -0.326 e. The van der Waals surface area contributed by atoms with Crippen LogP contribution in [-0.4, -0.2) is 30.7 Å². The quantitative estimate of drug-likeness (QED) is 0.344. The molecule has 1 aliphatic carbocycles. The van der Waals surface area contributed by atoms with Gasteiger partial charge in [-0.25, -0.2) is 4.52 Å². The van der Waals surface area contributed by atoms with Gasteiger partial charge in [0.1, 0.15) is 0 Å².